The molecule has 25 heavy (non-hydrogen) atoms. The van der Waals surface area contributed by atoms with Crippen molar-refractivity contribution in [3.63, 3.8) is 0 Å². The van der Waals surface area contributed by atoms with Gasteiger partial charge in [0.05, 0.1) is 12.2 Å². The molecule has 6 heteroatoms. The molecule has 0 aromatic heterocycles. The quantitative estimate of drug-likeness (QED) is 0.859. The molecule has 1 heterocycles. The summed E-state index contributed by atoms with van der Waals surface area (Å²) >= 11 is 0. The summed E-state index contributed by atoms with van der Waals surface area (Å²) in [6.45, 7) is 5.25. The molecule has 0 unspecified atom stereocenters. The average molecular weight is 362 g/mol. The summed E-state index contributed by atoms with van der Waals surface area (Å²) in [6, 6.07) is 17.4. The van der Waals surface area contributed by atoms with Crippen molar-refractivity contribution in [1.82, 2.24) is 10.2 Å². The SMILES string of the molecule is C[C@@H]1CNCCN1CC(=O)Nc1ccccc1Oc1ccccc1.Cl. The molecule has 1 amide bonds. The molecule has 0 aliphatic carbocycles. The highest BCUT2D eigenvalue weighted by atomic mass is 35.5. The number of benzene rings is 2. The number of carbonyl (C=O) groups excluding carboxylic acids is 1. The van der Waals surface area contributed by atoms with E-state index in [1.807, 2.05) is 54.6 Å². The highest BCUT2D eigenvalue weighted by molar-refractivity contribution is 5.93. The lowest BCUT2D eigenvalue weighted by Crippen LogP contribution is -2.51. The van der Waals surface area contributed by atoms with Crippen molar-refractivity contribution in [2.75, 3.05) is 31.5 Å². The Labute approximate surface area is 154 Å². The molecule has 0 radical (unpaired) electrons. The standard InChI is InChI=1S/C19H23N3O2.ClH/c1-15-13-20-11-12-22(15)14-19(23)21-17-9-5-6-10-18(17)24-16-7-3-2-4-8-16;/h2-10,15,20H,11-14H2,1H3,(H,21,23);1H/t15-;/m1./s1. The Morgan fingerprint density at radius 3 is 2.68 bits per heavy atom. The van der Waals surface area contributed by atoms with Crippen LogP contribution in [0.3, 0.4) is 0 Å². The van der Waals surface area contributed by atoms with Gasteiger partial charge in [-0.2, -0.15) is 0 Å². The van der Waals surface area contributed by atoms with Gasteiger partial charge in [-0.3, -0.25) is 9.69 Å². The van der Waals surface area contributed by atoms with Crippen LogP contribution in [0.5, 0.6) is 11.5 Å². The molecule has 1 fully saturated rings. The fraction of sp³-hybridized carbons (Fsp3) is 0.316. The molecule has 5 nitrogen and oxygen atoms in total. The number of para-hydroxylation sites is 3. The van der Waals surface area contributed by atoms with Gasteiger partial charge in [0.2, 0.25) is 5.91 Å². The highest BCUT2D eigenvalue weighted by Gasteiger charge is 2.20. The first-order chi connectivity index (χ1) is 11.7. The predicted octanol–water partition coefficient (Wildman–Crippen LogP) is 3.13. The number of rotatable bonds is 5. The molecule has 1 saturated heterocycles. The van der Waals surface area contributed by atoms with E-state index in [4.69, 9.17) is 4.74 Å². The van der Waals surface area contributed by atoms with Crippen molar-refractivity contribution in [2.45, 2.75) is 13.0 Å². The molecule has 1 aliphatic rings. The van der Waals surface area contributed by atoms with Gasteiger partial charge in [0, 0.05) is 25.7 Å². The van der Waals surface area contributed by atoms with Gasteiger partial charge in [0.15, 0.2) is 5.75 Å². The largest absolute Gasteiger partial charge is 0.455 e. The number of carbonyl (C=O) groups is 1. The number of piperazine rings is 1. The third-order valence-corrected chi connectivity index (χ3v) is 4.12. The van der Waals surface area contributed by atoms with Crippen LogP contribution in [0.4, 0.5) is 5.69 Å². The molecule has 2 aromatic rings. The van der Waals surface area contributed by atoms with Crippen molar-refractivity contribution in [2.24, 2.45) is 0 Å². The van der Waals surface area contributed by atoms with Crippen LogP contribution < -0.4 is 15.4 Å². The molecule has 2 N–H and O–H groups in total. The number of anilines is 1. The summed E-state index contributed by atoms with van der Waals surface area (Å²) in [4.78, 5) is 14.6. The zero-order valence-electron chi connectivity index (χ0n) is 14.3. The van der Waals surface area contributed by atoms with Crippen LogP contribution in [0.15, 0.2) is 54.6 Å². The lowest BCUT2D eigenvalue weighted by Gasteiger charge is -2.33. The smallest absolute Gasteiger partial charge is 0.238 e. The number of halogens is 1. The Bertz CT molecular complexity index is 681. The lowest BCUT2D eigenvalue weighted by atomic mass is 10.2. The summed E-state index contributed by atoms with van der Waals surface area (Å²) in [5, 5.41) is 6.30. The van der Waals surface area contributed by atoms with Crippen molar-refractivity contribution < 1.29 is 9.53 Å². The van der Waals surface area contributed by atoms with E-state index in [-0.39, 0.29) is 18.3 Å². The maximum atomic E-state index is 12.4. The Hall–Kier alpha value is -2.08. The maximum Gasteiger partial charge on any atom is 0.238 e. The number of amides is 1. The zero-order valence-corrected chi connectivity index (χ0v) is 15.1. The van der Waals surface area contributed by atoms with Gasteiger partial charge in [0.1, 0.15) is 5.75 Å². The highest BCUT2D eigenvalue weighted by Crippen LogP contribution is 2.29. The summed E-state index contributed by atoms with van der Waals surface area (Å²) in [5.41, 5.74) is 0.689. The zero-order chi connectivity index (χ0) is 16.8. The second-order valence-corrected chi connectivity index (χ2v) is 5.98. The van der Waals surface area contributed by atoms with Gasteiger partial charge in [0.25, 0.3) is 0 Å². The molecule has 1 atom stereocenters. The Balaban J connectivity index is 0.00000225. The number of nitrogens with zero attached hydrogens (tertiary/aromatic N) is 1. The number of nitrogens with one attached hydrogen (secondary N) is 2. The van der Waals surface area contributed by atoms with Crippen LogP contribution in [0.25, 0.3) is 0 Å². The molecule has 134 valence electrons. The van der Waals surface area contributed by atoms with Gasteiger partial charge in [-0.1, -0.05) is 30.3 Å². The van der Waals surface area contributed by atoms with Crippen molar-refractivity contribution in [3.8, 4) is 11.5 Å². The molecular formula is C19H24ClN3O2. The predicted molar refractivity (Wildman–Crippen MR) is 103 cm³/mol. The maximum absolute atomic E-state index is 12.4. The van der Waals surface area contributed by atoms with E-state index in [9.17, 15) is 4.79 Å². The monoisotopic (exact) mass is 361 g/mol. The first-order valence-corrected chi connectivity index (χ1v) is 8.29. The van der Waals surface area contributed by atoms with E-state index >= 15 is 0 Å². The summed E-state index contributed by atoms with van der Waals surface area (Å²) < 4.78 is 5.88. The van der Waals surface area contributed by atoms with Gasteiger partial charge < -0.3 is 15.4 Å². The first-order valence-electron chi connectivity index (χ1n) is 8.29. The summed E-state index contributed by atoms with van der Waals surface area (Å²) in [6.07, 6.45) is 0. The number of ether oxygens (including phenoxy) is 1. The molecule has 0 saturated carbocycles. The van der Waals surface area contributed by atoms with E-state index in [1.165, 1.54) is 0 Å². The van der Waals surface area contributed by atoms with Crippen molar-refractivity contribution in [3.05, 3.63) is 54.6 Å². The van der Waals surface area contributed by atoms with Gasteiger partial charge >= 0.3 is 0 Å². The van der Waals surface area contributed by atoms with E-state index in [0.29, 0.717) is 24.0 Å². The van der Waals surface area contributed by atoms with Crippen LogP contribution >= 0.6 is 12.4 Å². The second kappa shape index (κ2) is 9.42. The molecule has 3 rings (SSSR count). The van der Waals surface area contributed by atoms with Crippen LogP contribution in [-0.4, -0.2) is 43.0 Å². The lowest BCUT2D eigenvalue weighted by molar-refractivity contribution is -0.118. The van der Waals surface area contributed by atoms with Crippen LogP contribution in [-0.2, 0) is 4.79 Å². The Kier molecular flexibility index (Phi) is 7.25. The van der Waals surface area contributed by atoms with E-state index in [0.717, 1.165) is 25.4 Å². The minimum atomic E-state index is -0.0205. The third-order valence-electron chi connectivity index (χ3n) is 4.12. The summed E-state index contributed by atoms with van der Waals surface area (Å²) in [5.74, 6) is 1.37. The fourth-order valence-corrected chi connectivity index (χ4v) is 2.77. The molecule has 0 bridgehead atoms. The van der Waals surface area contributed by atoms with Crippen LogP contribution in [0.1, 0.15) is 6.92 Å². The molecule has 2 aromatic carbocycles. The minimum Gasteiger partial charge on any atom is -0.455 e. The van der Waals surface area contributed by atoms with Gasteiger partial charge in [-0.05, 0) is 31.2 Å². The second-order valence-electron chi connectivity index (χ2n) is 5.98. The van der Waals surface area contributed by atoms with Gasteiger partial charge in [-0.15, -0.1) is 12.4 Å². The topological polar surface area (TPSA) is 53.6 Å². The summed E-state index contributed by atoms with van der Waals surface area (Å²) in [7, 11) is 0. The fourth-order valence-electron chi connectivity index (χ4n) is 2.77. The number of hydrogen-bond acceptors (Lipinski definition) is 4. The van der Waals surface area contributed by atoms with E-state index in [2.05, 4.69) is 22.5 Å². The molecule has 1 aliphatic heterocycles. The Morgan fingerprint density at radius 1 is 1.20 bits per heavy atom. The number of hydrogen-bond donors (Lipinski definition) is 2. The van der Waals surface area contributed by atoms with Crippen molar-refractivity contribution >= 4 is 24.0 Å². The molecular weight excluding hydrogens is 338 g/mol. The average Bonchev–Trinajstić information content (AvgIpc) is 2.60. The normalized spacial score (nSPS) is 17.4. The molecule has 0 spiro atoms. The van der Waals surface area contributed by atoms with Crippen LogP contribution in [0.2, 0.25) is 0 Å². The first kappa shape index (κ1) is 19.2. The van der Waals surface area contributed by atoms with E-state index < -0.39 is 0 Å². The third kappa shape index (κ3) is 5.46. The van der Waals surface area contributed by atoms with Crippen LogP contribution in [0, 0.1) is 0 Å². The minimum absolute atomic E-state index is 0. The van der Waals surface area contributed by atoms with Gasteiger partial charge in [-0.25, -0.2) is 0 Å². The van der Waals surface area contributed by atoms with Crippen molar-refractivity contribution in [1.29, 1.82) is 0 Å². The van der Waals surface area contributed by atoms with E-state index in [1.54, 1.807) is 0 Å². The Morgan fingerprint density at radius 2 is 1.92 bits per heavy atom.